The maximum atomic E-state index is 14.9. The van der Waals surface area contributed by atoms with Crippen molar-refractivity contribution in [1.29, 1.82) is 0 Å². The molecule has 39 heteroatoms. The summed E-state index contributed by atoms with van der Waals surface area (Å²) in [5.41, 5.74) is 0.272. The molecule has 6 aliphatic heterocycles. The topological polar surface area (TPSA) is 572 Å². The molecule has 3 aromatic rings. The van der Waals surface area contributed by atoms with E-state index in [1.165, 1.54) is 92.9 Å². The molecule has 0 amide bonds. The van der Waals surface area contributed by atoms with E-state index in [0.717, 1.165) is 39.0 Å². The van der Waals surface area contributed by atoms with Crippen molar-refractivity contribution in [1.82, 2.24) is 0 Å². The number of aromatic hydroxyl groups is 1. The third-order valence-electron chi connectivity index (χ3n) is 17.8. The first-order chi connectivity index (χ1) is 50.9. The van der Waals surface area contributed by atoms with Crippen LogP contribution in [-0.2, 0) is 99.8 Å². The number of hydrogen-bond donors (Lipinski definition) is 15. The van der Waals surface area contributed by atoms with Crippen molar-refractivity contribution in [2.45, 2.75) is 205 Å². The predicted molar refractivity (Wildman–Crippen MR) is 345 cm³/mol. The molecular weight excluding hydrogens is 1440 g/mol. The average molecular weight is 1530 g/mol. The van der Waals surface area contributed by atoms with Crippen LogP contribution < -0.4 is 9.47 Å². The summed E-state index contributed by atoms with van der Waals surface area (Å²) in [5, 5.41) is 165. The van der Waals surface area contributed by atoms with Crippen LogP contribution in [-0.4, -0.2) is 337 Å². The highest BCUT2D eigenvalue weighted by Gasteiger charge is 2.65. The van der Waals surface area contributed by atoms with Gasteiger partial charge in [-0.25, -0.2) is 14.4 Å². The number of ether oxygens (including phenoxy) is 18. The molecule has 15 N–H and O–H groups in total. The van der Waals surface area contributed by atoms with Crippen LogP contribution in [0.5, 0.6) is 17.2 Å². The third kappa shape index (κ3) is 20.1. The summed E-state index contributed by atoms with van der Waals surface area (Å²) in [6, 6.07) is 16.3. The van der Waals surface area contributed by atoms with E-state index in [1.54, 1.807) is 0 Å². The van der Waals surface area contributed by atoms with Gasteiger partial charge in [-0.3, -0.25) is 14.4 Å². The molecule has 39 nitrogen and oxygen atoms in total. The van der Waals surface area contributed by atoms with Gasteiger partial charge in [-0.1, -0.05) is 36.4 Å². The molecule has 0 aromatic heterocycles. The number of phenols is 1. The van der Waals surface area contributed by atoms with Gasteiger partial charge in [0.1, 0.15) is 142 Å². The Bertz CT molecular complexity index is 3510. The van der Waals surface area contributed by atoms with Gasteiger partial charge in [0.05, 0.1) is 38.6 Å². The molecule has 6 aliphatic rings. The quantitative estimate of drug-likeness (QED) is 0.0183. The molecule has 0 spiro atoms. The van der Waals surface area contributed by atoms with Crippen LogP contribution in [0.15, 0.2) is 84.9 Å². The van der Waals surface area contributed by atoms with Gasteiger partial charge < -0.3 is 162 Å². The minimum Gasteiger partial charge on any atom is -0.508 e. The molecule has 9 rings (SSSR count). The Kier molecular flexibility index (Phi) is 29.0. The number of esters is 6. The molecule has 107 heavy (non-hydrogen) atoms. The molecule has 0 bridgehead atoms. The largest absolute Gasteiger partial charge is 0.508 e. The molecule has 0 saturated carbocycles. The molecule has 6 fully saturated rings. The molecular formula is C68H86O39. The lowest BCUT2D eigenvalue weighted by atomic mass is 9.95. The first kappa shape index (κ1) is 83.4. The highest BCUT2D eigenvalue weighted by atomic mass is 16.8. The first-order valence-corrected chi connectivity index (χ1v) is 33.4. The van der Waals surface area contributed by atoms with E-state index in [1.807, 2.05) is 0 Å². The maximum Gasteiger partial charge on any atom is 0.338 e. The number of carbonyl (C=O) groups excluding carboxylic acids is 6. The third-order valence-corrected chi connectivity index (χ3v) is 17.8. The monoisotopic (exact) mass is 1530 g/mol. The van der Waals surface area contributed by atoms with E-state index in [-0.39, 0.29) is 28.4 Å². The highest BCUT2D eigenvalue weighted by molar-refractivity contribution is 5.90. The summed E-state index contributed by atoms with van der Waals surface area (Å²) < 4.78 is 108. The lowest BCUT2D eigenvalue weighted by Gasteiger charge is -2.51. The van der Waals surface area contributed by atoms with E-state index in [9.17, 15) is 105 Å². The summed E-state index contributed by atoms with van der Waals surface area (Å²) >= 11 is 0. The van der Waals surface area contributed by atoms with Gasteiger partial charge in [0, 0.05) is 32.9 Å². The van der Waals surface area contributed by atoms with Crippen LogP contribution in [0, 0.1) is 0 Å². The zero-order valence-corrected chi connectivity index (χ0v) is 57.7. The second-order valence-electron chi connectivity index (χ2n) is 25.4. The molecule has 0 aliphatic carbocycles. The van der Waals surface area contributed by atoms with E-state index >= 15 is 0 Å². The van der Waals surface area contributed by atoms with Gasteiger partial charge in [-0.2, -0.15) is 0 Å². The Morgan fingerprint density at radius 2 is 0.963 bits per heavy atom. The Balaban J connectivity index is 1.21. The molecule has 6 heterocycles. The number of benzene rings is 3. The molecule has 29 atom stereocenters. The molecule has 3 aromatic carbocycles. The van der Waals surface area contributed by atoms with E-state index in [2.05, 4.69) is 0 Å². The van der Waals surface area contributed by atoms with Gasteiger partial charge in [-0.15, -0.1) is 0 Å². The van der Waals surface area contributed by atoms with Gasteiger partial charge in [0.2, 0.25) is 12.1 Å². The second kappa shape index (κ2) is 37.2. The smallest absolute Gasteiger partial charge is 0.338 e. The van der Waals surface area contributed by atoms with Crippen LogP contribution in [0.4, 0.5) is 0 Å². The normalized spacial score (nSPS) is 37.3. The van der Waals surface area contributed by atoms with E-state index in [4.69, 9.17) is 85.3 Å². The van der Waals surface area contributed by atoms with Crippen molar-refractivity contribution in [3.8, 4) is 17.2 Å². The van der Waals surface area contributed by atoms with Crippen molar-refractivity contribution in [2.75, 3.05) is 46.8 Å². The molecule has 592 valence electrons. The van der Waals surface area contributed by atoms with Crippen molar-refractivity contribution in [3.63, 3.8) is 0 Å². The van der Waals surface area contributed by atoms with E-state index in [0.29, 0.717) is 5.56 Å². The van der Waals surface area contributed by atoms with Gasteiger partial charge >= 0.3 is 35.8 Å². The summed E-state index contributed by atoms with van der Waals surface area (Å²) in [7, 11) is 1.22. The fraction of sp³-hybridized carbons (Fsp3) is 0.588. The van der Waals surface area contributed by atoms with Gasteiger partial charge in [-0.05, 0) is 66.6 Å². The Morgan fingerprint density at radius 1 is 0.458 bits per heavy atom. The summed E-state index contributed by atoms with van der Waals surface area (Å²) in [4.78, 5) is 81.8. The molecule has 0 unspecified atom stereocenters. The number of aliphatic hydroxyl groups excluding tert-OH is 14. The molecule has 0 radical (unpaired) electrons. The maximum absolute atomic E-state index is 14.9. The number of carbonyl (C=O) groups is 6. The fourth-order valence-electron chi connectivity index (χ4n) is 12.2. The SMILES string of the molecule is COc1cc(C=CC(=O)O[C@@H]2[C@@H](O[C@@H]3O[C@H](COC(C)=O)[C@@H](OC(C)=O)[C@H](O[C@@H]4O[C@@H](CO)[C@H](O)[C@@H](O)[C@@H]4O)[C@H]3O)[C@H](O[C@H]3O[C@@H](CO)[C@H](O)[C@@H](O)[C@@H]3O)[C@@H](O[C@]3(COC(=O)C=Cc4ccc(O)cc4)O[C@H](CO)[C@@H](O)[C@@H]3OC(=O)c3ccccc3)O[C@H]2COC(C)=O)ccc1O[C@H]1O[C@@H](C)[C@H](O)[C@@H](O)[C@@H]1O. The number of hydrogen-bond acceptors (Lipinski definition) is 39. The minimum atomic E-state index is -3.08. The van der Waals surface area contributed by atoms with Crippen LogP contribution in [0.1, 0.15) is 49.2 Å². The summed E-state index contributed by atoms with van der Waals surface area (Å²) in [6.07, 6.45) is -54.6. The van der Waals surface area contributed by atoms with Crippen molar-refractivity contribution in [2.24, 2.45) is 0 Å². The van der Waals surface area contributed by atoms with Crippen LogP contribution in [0.2, 0.25) is 0 Å². The lowest BCUT2D eigenvalue weighted by Crippen LogP contribution is -2.70. The standard InChI is InChI=1S/C68H86O39/c1-28-45(78)49(82)52(85)63(94-28)96-36-18-13-33(21-37(36)90-5)15-20-44(77)101-57-42(26-92-30(3)73)100-67(107-68(27-93-43(76)19-14-32-11-16-35(75)17-12-32)61(48(81)40(24-71)106-68)105-62(89)34-9-7-6-8-10-34)60(104-65-54(87)51(84)47(80)39(23-70)98-65)59(57)103-66-55(88)58(56(95-31(4)74)41(99-66)25-91-29(2)72)102-64-53(86)50(83)46(79)38(22-69)97-64/h6-21,28,38-42,45-61,63-67,69-71,75,78-88H,22-27H2,1-5H3/t28-,38-,39-,40+,41+,42-,45-,46-,47-,48+,49+,50+,51+,52-,53-,54-,55+,56+,57-,58+,59+,60-,61-,63+,64-,65+,66-,67+,68-/m0/s1. The number of methoxy groups -OCH3 is 1. The Morgan fingerprint density at radius 3 is 1.53 bits per heavy atom. The fourth-order valence-corrected chi connectivity index (χ4v) is 12.2. The van der Waals surface area contributed by atoms with Crippen LogP contribution in [0.3, 0.4) is 0 Å². The minimum absolute atomic E-state index is 0.0681. The van der Waals surface area contributed by atoms with Crippen LogP contribution >= 0.6 is 0 Å². The second-order valence-corrected chi connectivity index (χ2v) is 25.4. The first-order valence-electron chi connectivity index (χ1n) is 33.4. The number of aliphatic hydroxyl groups is 14. The van der Waals surface area contributed by atoms with Crippen molar-refractivity contribution >= 4 is 48.0 Å². The summed E-state index contributed by atoms with van der Waals surface area (Å²) in [5.74, 6) is -10.5. The zero-order chi connectivity index (χ0) is 77.9. The van der Waals surface area contributed by atoms with Gasteiger partial charge in [0.25, 0.3) is 0 Å². The average Bonchev–Trinajstić information content (AvgIpc) is 1.43. The predicted octanol–water partition coefficient (Wildman–Crippen LogP) is -5.90. The zero-order valence-electron chi connectivity index (χ0n) is 57.7. The van der Waals surface area contributed by atoms with Gasteiger partial charge in [0.15, 0.2) is 55.0 Å². The molecule has 6 saturated heterocycles. The number of phenolic OH excluding ortho intramolecular Hbond substituents is 1. The van der Waals surface area contributed by atoms with Crippen LogP contribution in [0.25, 0.3) is 12.2 Å². The van der Waals surface area contributed by atoms with E-state index < -0.39 is 253 Å². The lowest BCUT2D eigenvalue weighted by molar-refractivity contribution is -0.423. The Labute approximate surface area is 607 Å². The Hall–Kier alpha value is -7.60. The van der Waals surface area contributed by atoms with Crippen molar-refractivity contribution < 1.29 is 191 Å². The summed E-state index contributed by atoms with van der Waals surface area (Å²) in [6.45, 7) is -2.52. The van der Waals surface area contributed by atoms with Crippen molar-refractivity contribution in [3.05, 3.63) is 102 Å². The number of rotatable bonds is 28. The highest BCUT2D eigenvalue weighted by Crippen LogP contribution is 2.44.